The lowest BCUT2D eigenvalue weighted by atomic mass is 9.87. The number of hydrazone groups is 1. The van der Waals surface area contributed by atoms with Crippen LogP contribution in [0.5, 0.6) is 0 Å². The molecule has 6 nitrogen and oxygen atoms in total. The predicted octanol–water partition coefficient (Wildman–Crippen LogP) is 0.963. The summed E-state index contributed by atoms with van der Waals surface area (Å²) in [5.41, 5.74) is 1.23. The number of hydrogen-bond acceptors (Lipinski definition) is 6. The Labute approximate surface area is 95.4 Å². The standard InChI is InChI=1S/C10H20N4O2/c1-6-10-8(3,4)13(15)9(5,14(10)16)7(2)11-12-10/h12,15-16H,6H2,1-5H3. The molecular formula is C10H20N4O2. The molecule has 6 heteroatoms. The summed E-state index contributed by atoms with van der Waals surface area (Å²) in [6.07, 6.45) is 0.625. The number of nitrogens with zero attached hydrogens (tertiary/aromatic N) is 3. The Morgan fingerprint density at radius 2 is 1.81 bits per heavy atom. The zero-order valence-corrected chi connectivity index (χ0v) is 10.4. The Balaban J connectivity index is 2.65. The van der Waals surface area contributed by atoms with Crippen molar-refractivity contribution in [3.63, 3.8) is 0 Å². The third-order valence-electron chi connectivity index (χ3n) is 4.33. The summed E-state index contributed by atoms with van der Waals surface area (Å²) >= 11 is 0. The van der Waals surface area contributed by atoms with Gasteiger partial charge in [0, 0.05) is 0 Å². The van der Waals surface area contributed by atoms with E-state index >= 15 is 0 Å². The molecule has 1 saturated heterocycles. The van der Waals surface area contributed by atoms with Gasteiger partial charge >= 0.3 is 0 Å². The minimum absolute atomic E-state index is 0.625. The molecule has 16 heavy (non-hydrogen) atoms. The van der Waals surface area contributed by atoms with E-state index < -0.39 is 16.9 Å². The van der Waals surface area contributed by atoms with Crippen molar-refractivity contribution in [2.24, 2.45) is 5.10 Å². The third-order valence-corrected chi connectivity index (χ3v) is 4.33. The SMILES string of the molecule is CCC12NN=C(C)C(C)(N(O)C1(C)C)N2O. The van der Waals surface area contributed by atoms with Gasteiger partial charge in [0.05, 0.1) is 11.3 Å². The Morgan fingerprint density at radius 3 is 2.31 bits per heavy atom. The van der Waals surface area contributed by atoms with Crippen LogP contribution in [0.25, 0.3) is 0 Å². The molecule has 0 aliphatic carbocycles. The van der Waals surface area contributed by atoms with E-state index in [4.69, 9.17) is 0 Å². The highest BCUT2D eigenvalue weighted by atomic mass is 16.6. The van der Waals surface area contributed by atoms with E-state index in [1.165, 1.54) is 10.1 Å². The number of hydroxylamine groups is 4. The van der Waals surface area contributed by atoms with E-state index in [9.17, 15) is 10.4 Å². The summed E-state index contributed by atoms with van der Waals surface area (Å²) in [5, 5.41) is 27.3. The van der Waals surface area contributed by atoms with Gasteiger partial charge in [-0.25, -0.2) is 0 Å². The van der Waals surface area contributed by atoms with Crippen molar-refractivity contribution < 1.29 is 10.4 Å². The first-order valence-corrected chi connectivity index (χ1v) is 5.55. The van der Waals surface area contributed by atoms with Gasteiger partial charge in [0.1, 0.15) is 0 Å². The summed E-state index contributed by atoms with van der Waals surface area (Å²) in [4.78, 5) is 0. The first-order valence-electron chi connectivity index (χ1n) is 5.55. The van der Waals surface area contributed by atoms with E-state index in [-0.39, 0.29) is 0 Å². The van der Waals surface area contributed by atoms with Gasteiger partial charge in [-0.05, 0) is 34.1 Å². The van der Waals surface area contributed by atoms with E-state index in [0.717, 1.165) is 0 Å². The van der Waals surface area contributed by atoms with Gasteiger partial charge in [0.2, 0.25) is 0 Å². The van der Waals surface area contributed by atoms with Crippen LogP contribution in [-0.2, 0) is 0 Å². The number of fused-ring (bicyclic) bond motifs is 2. The van der Waals surface area contributed by atoms with Crippen molar-refractivity contribution in [3.05, 3.63) is 0 Å². The van der Waals surface area contributed by atoms with Gasteiger partial charge in [0.25, 0.3) is 0 Å². The average molecular weight is 228 g/mol. The Hall–Kier alpha value is -0.690. The highest BCUT2D eigenvalue weighted by Crippen LogP contribution is 2.49. The smallest absolute Gasteiger partial charge is 0.160 e. The first kappa shape index (κ1) is 11.8. The van der Waals surface area contributed by atoms with Crippen molar-refractivity contribution in [2.45, 2.75) is 57.9 Å². The fourth-order valence-electron chi connectivity index (χ4n) is 2.87. The molecule has 2 rings (SSSR count). The third kappa shape index (κ3) is 0.901. The van der Waals surface area contributed by atoms with Gasteiger partial charge in [0.15, 0.2) is 11.3 Å². The summed E-state index contributed by atoms with van der Waals surface area (Å²) in [7, 11) is 0. The van der Waals surface area contributed by atoms with Gasteiger partial charge in [-0.1, -0.05) is 6.92 Å². The normalized spacial score (nSPS) is 43.1. The molecule has 0 aromatic heterocycles. The molecule has 2 aliphatic rings. The minimum Gasteiger partial charge on any atom is -0.311 e. The number of hydrogen-bond donors (Lipinski definition) is 3. The van der Waals surface area contributed by atoms with E-state index in [2.05, 4.69) is 10.5 Å². The average Bonchev–Trinajstić information content (AvgIpc) is 2.31. The van der Waals surface area contributed by atoms with Crippen molar-refractivity contribution in [1.29, 1.82) is 0 Å². The fourth-order valence-corrected chi connectivity index (χ4v) is 2.87. The monoisotopic (exact) mass is 228 g/mol. The zero-order chi connectivity index (χ0) is 12.4. The molecule has 2 atom stereocenters. The summed E-state index contributed by atoms with van der Waals surface area (Å²) in [6, 6.07) is 0. The van der Waals surface area contributed by atoms with Crippen LogP contribution in [0.15, 0.2) is 5.10 Å². The second-order valence-electron chi connectivity index (χ2n) is 5.23. The van der Waals surface area contributed by atoms with Crippen LogP contribution in [0.1, 0.15) is 41.0 Å². The van der Waals surface area contributed by atoms with Crippen LogP contribution in [-0.4, -0.2) is 43.1 Å². The van der Waals surface area contributed by atoms with Crippen LogP contribution in [0.3, 0.4) is 0 Å². The van der Waals surface area contributed by atoms with E-state index in [0.29, 0.717) is 12.1 Å². The van der Waals surface area contributed by atoms with Crippen LogP contribution < -0.4 is 5.43 Å². The molecule has 0 aromatic carbocycles. The molecule has 2 unspecified atom stereocenters. The fraction of sp³-hybridized carbons (Fsp3) is 0.900. The zero-order valence-electron chi connectivity index (χ0n) is 10.4. The van der Waals surface area contributed by atoms with Crippen molar-refractivity contribution in [2.75, 3.05) is 0 Å². The highest BCUT2D eigenvalue weighted by molar-refractivity contribution is 5.91. The molecule has 2 heterocycles. The lowest BCUT2D eigenvalue weighted by Crippen LogP contribution is -2.67. The molecule has 1 fully saturated rings. The van der Waals surface area contributed by atoms with Crippen molar-refractivity contribution in [1.82, 2.24) is 15.6 Å². The topological polar surface area (TPSA) is 71.3 Å². The summed E-state index contributed by atoms with van der Waals surface area (Å²) < 4.78 is 0. The summed E-state index contributed by atoms with van der Waals surface area (Å²) in [6.45, 7) is 9.25. The second kappa shape index (κ2) is 2.95. The second-order valence-corrected chi connectivity index (χ2v) is 5.23. The Morgan fingerprint density at radius 1 is 1.25 bits per heavy atom. The Bertz CT molecular complexity index is 357. The lowest BCUT2D eigenvalue weighted by molar-refractivity contribution is -0.250. The van der Waals surface area contributed by atoms with Crippen LogP contribution in [0, 0.1) is 0 Å². The minimum atomic E-state index is -0.967. The van der Waals surface area contributed by atoms with Crippen LogP contribution in [0.4, 0.5) is 0 Å². The van der Waals surface area contributed by atoms with Gasteiger partial charge in [-0.3, -0.25) is 5.43 Å². The highest BCUT2D eigenvalue weighted by Gasteiger charge is 2.70. The number of nitrogens with one attached hydrogen (secondary N) is 1. The molecular weight excluding hydrogens is 208 g/mol. The van der Waals surface area contributed by atoms with Crippen molar-refractivity contribution in [3.8, 4) is 0 Å². The summed E-state index contributed by atoms with van der Waals surface area (Å²) in [5.74, 6) is 0. The maximum atomic E-state index is 10.4. The molecule has 3 N–H and O–H groups in total. The van der Waals surface area contributed by atoms with E-state index in [1.807, 2.05) is 20.8 Å². The molecule has 0 saturated carbocycles. The molecule has 0 radical (unpaired) electrons. The number of rotatable bonds is 1. The van der Waals surface area contributed by atoms with Crippen LogP contribution in [0.2, 0.25) is 0 Å². The Kier molecular flexibility index (Phi) is 2.17. The quantitative estimate of drug-likeness (QED) is 0.623. The molecule has 0 spiro atoms. The lowest BCUT2D eigenvalue weighted by Gasteiger charge is -2.45. The molecule has 2 bridgehead atoms. The molecule has 0 amide bonds. The molecule has 0 aromatic rings. The first-order chi connectivity index (χ1) is 7.25. The molecule has 2 aliphatic heterocycles. The van der Waals surface area contributed by atoms with Crippen LogP contribution >= 0.6 is 0 Å². The predicted molar refractivity (Wildman–Crippen MR) is 59.0 cm³/mol. The molecule has 92 valence electrons. The largest absolute Gasteiger partial charge is 0.311 e. The maximum absolute atomic E-state index is 10.4. The van der Waals surface area contributed by atoms with Gasteiger partial charge in [-0.15, -0.1) is 5.06 Å². The van der Waals surface area contributed by atoms with Gasteiger partial charge in [-0.2, -0.15) is 10.2 Å². The van der Waals surface area contributed by atoms with Gasteiger partial charge < -0.3 is 10.4 Å². The van der Waals surface area contributed by atoms with E-state index in [1.54, 1.807) is 13.8 Å². The maximum Gasteiger partial charge on any atom is 0.160 e. The van der Waals surface area contributed by atoms with Crippen molar-refractivity contribution >= 4 is 5.71 Å².